The van der Waals surface area contributed by atoms with Crippen LogP contribution in [0.5, 0.6) is 0 Å². The van der Waals surface area contributed by atoms with Crippen molar-refractivity contribution in [2.45, 2.75) is 31.8 Å². The van der Waals surface area contributed by atoms with Crippen LogP contribution in [0.3, 0.4) is 0 Å². The van der Waals surface area contributed by atoms with Gasteiger partial charge in [0.2, 0.25) is 0 Å². The van der Waals surface area contributed by atoms with E-state index in [1.54, 1.807) is 0 Å². The van der Waals surface area contributed by atoms with Crippen LogP contribution in [0.15, 0.2) is 54.7 Å². The van der Waals surface area contributed by atoms with Crippen molar-refractivity contribution in [2.24, 2.45) is 5.73 Å². The molecule has 0 fully saturated rings. The van der Waals surface area contributed by atoms with Crippen molar-refractivity contribution in [3.05, 3.63) is 66.0 Å². The first-order valence-corrected chi connectivity index (χ1v) is 7.49. The van der Waals surface area contributed by atoms with Crippen LogP contribution in [-0.2, 0) is 13.0 Å². The zero-order valence-electron chi connectivity index (χ0n) is 13.0. The van der Waals surface area contributed by atoms with Gasteiger partial charge in [-0.3, -0.25) is 9.88 Å². The van der Waals surface area contributed by atoms with E-state index < -0.39 is 0 Å². The van der Waals surface area contributed by atoms with E-state index in [2.05, 4.69) is 60.3 Å². The fourth-order valence-electron chi connectivity index (χ4n) is 2.43. The molecule has 3 heteroatoms. The predicted molar refractivity (Wildman–Crippen MR) is 87.9 cm³/mol. The SMILES string of the molecule is CN(Cc1ccccn1)C(C)(CN)CCc1ccccc1. The van der Waals surface area contributed by atoms with E-state index in [-0.39, 0.29) is 5.54 Å². The predicted octanol–water partition coefficient (Wildman–Crippen LogP) is 2.86. The Hall–Kier alpha value is -1.71. The van der Waals surface area contributed by atoms with E-state index in [1.807, 2.05) is 18.3 Å². The van der Waals surface area contributed by atoms with E-state index in [1.165, 1.54) is 5.56 Å². The molecule has 1 atom stereocenters. The molecule has 2 rings (SSSR count). The molecule has 3 nitrogen and oxygen atoms in total. The van der Waals surface area contributed by atoms with Gasteiger partial charge in [0, 0.05) is 24.8 Å². The number of pyridine rings is 1. The molecule has 1 aromatic carbocycles. The monoisotopic (exact) mass is 283 g/mol. The largest absolute Gasteiger partial charge is 0.329 e. The van der Waals surface area contributed by atoms with Crippen LogP contribution in [-0.4, -0.2) is 29.0 Å². The number of hydrogen-bond donors (Lipinski definition) is 1. The van der Waals surface area contributed by atoms with Crippen LogP contribution in [0.1, 0.15) is 24.6 Å². The van der Waals surface area contributed by atoms with Crippen LogP contribution < -0.4 is 5.73 Å². The smallest absolute Gasteiger partial charge is 0.0544 e. The van der Waals surface area contributed by atoms with Crippen LogP contribution in [0.25, 0.3) is 0 Å². The van der Waals surface area contributed by atoms with Crippen molar-refractivity contribution in [2.75, 3.05) is 13.6 Å². The quantitative estimate of drug-likeness (QED) is 0.849. The van der Waals surface area contributed by atoms with Gasteiger partial charge in [0.05, 0.1) is 5.69 Å². The minimum absolute atomic E-state index is 0.0205. The number of nitrogens with two attached hydrogens (primary N) is 1. The standard InChI is InChI=1S/C18H25N3/c1-18(15-19,12-11-16-8-4-3-5-9-16)21(2)14-17-10-6-7-13-20-17/h3-10,13H,11-12,14-15,19H2,1-2H3. The Morgan fingerprint density at radius 3 is 2.43 bits per heavy atom. The third-order valence-electron chi connectivity index (χ3n) is 4.28. The summed E-state index contributed by atoms with van der Waals surface area (Å²) in [7, 11) is 2.13. The first kappa shape index (κ1) is 15.7. The molecule has 0 bridgehead atoms. The summed E-state index contributed by atoms with van der Waals surface area (Å²) in [6.07, 6.45) is 3.92. The maximum absolute atomic E-state index is 6.06. The third-order valence-corrected chi connectivity index (χ3v) is 4.28. The summed E-state index contributed by atoms with van der Waals surface area (Å²) in [6, 6.07) is 16.6. The molecule has 0 radical (unpaired) electrons. The maximum atomic E-state index is 6.06. The lowest BCUT2D eigenvalue weighted by atomic mass is 9.91. The van der Waals surface area contributed by atoms with E-state index in [9.17, 15) is 0 Å². The van der Waals surface area contributed by atoms with Gasteiger partial charge in [-0.25, -0.2) is 0 Å². The number of hydrogen-bond acceptors (Lipinski definition) is 3. The zero-order valence-corrected chi connectivity index (χ0v) is 13.0. The second-order valence-electron chi connectivity index (χ2n) is 5.86. The van der Waals surface area contributed by atoms with Crippen LogP contribution >= 0.6 is 0 Å². The first-order chi connectivity index (χ1) is 10.1. The van der Waals surface area contributed by atoms with Crippen molar-refractivity contribution in [3.8, 4) is 0 Å². The van der Waals surface area contributed by atoms with E-state index in [4.69, 9.17) is 5.73 Å². The second kappa shape index (κ2) is 7.34. The summed E-state index contributed by atoms with van der Waals surface area (Å²) in [5.41, 5.74) is 8.49. The van der Waals surface area contributed by atoms with E-state index in [0.29, 0.717) is 6.54 Å². The number of rotatable bonds is 7. The topological polar surface area (TPSA) is 42.2 Å². The molecule has 1 heterocycles. The van der Waals surface area contributed by atoms with Gasteiger partial charge in [-0.1, -0.05) is 36.4 Å². The highest BCUT2D eigenvalue weighted by Gasteiger charge is 2.27. The molecule has 0 spiro atoms. The van der Waals surface area contributed by atoms with Gasteiger partial charge in [-0.2, -0.15) is 0 Å². The van der Waals surface area contributed by atoms with Gasteiger partial charge >= 0.3 is 0 Å². The minimum atomic E-state index is -0.0205. The van der Waals surface area contributed by atoms with Gasteiger partial charge in [0.1, 0.15) is 0 Å². The van der Waals surface area contributed by atoms with Gasteiger partial charge in [0.25, 0.3) is 0 Å². The molecular formula is C18H25N3. The summed E-state index contributed by atoms with van der Waals surface area (Å²) in [5.74, 6) is 0. The summed E-state index contributed by atoms with van der Waals surface area (Å²) in [4.78, 5) is 6.72. The Kier molecular flexibility index (Phi) is 5.48. The molecule has 0 saturated carbocycles. The molecule has 0 saturated heterocycles. The Labute approximate surface area is 127 Å². The lowest BCUT2D eigenvalue weighted by Gasteiger charge is -2.38. The molecule has 1 aromatic heterocycles. The first-order valence-electron chi connectivity index (χ1n) is 7.49. The van der Waals surface area contributed by atoms with Gasteiger partial charge in [0.15, 0.2) is 0 Å². The molecule has 2 aromatic rings. The van der Waals surface area contributed by atoms with Crippen molar-refractivity contribution in [1.82, 2.24) is 9.88 Å². The number of aromatic nitrogens is 1. The van der Waals surface area contributed by atoms with E-state index >= 15 is 0 Å². The fourth-order valence-corrected chi connectivity index (χ4v) is 2.43. The third kappa shape index (κ3) is 4.38. The van der Waals surface area contributed by atoms with Crippen molar-refractivity contribution >= 4 is 0 Å². The normalized spacial score (nSPS) is 14.1. The second-order valence-corrected chi connectivity index (χ2v) is 5.86. The molecular weight excluding hydrogens is 258 g/mol. The fraction of sp³-hybridized carbons (Fsp3) is 0.389. The molecule has 0 aliphatic rings. The lowest BCUT2D eigenvalue weighted by Crippen LogP contribution is -2.49. The molecule has 2 N–H and O–H groups in total. The zero-order chi connectivity index (χ0) is 15.1. The van der Waals surface area contributed by atoms with Crippen molar-refractivity contribution in [3.63, 3.8) is 0 Å². The average Bonchev–Trinajstić information content (AvgIpc) is 2.54. The average molecular weight is 283 g/mol. The van der Waals surface area contributed by atoms with Gasteiger partial charge < -0.3 is 5.73 Å². The lowest BCUT2D eigenvalue weighted by molar-refractivity contribution is 0.125. The highest BCUT2D eigenvalue weighted by atomic mass is 15.2. The summed E-state index contributed by atoms with van der Waals surface area (Å²) in [5, 5.41) is 0. The highest BCUT2D eigenvalue weighted by Crippen LogP contribution is 2.21. The highest BCUT2D eigenvalue weighted by molar-refractivity contribution is 5.15. The molecule has 112 valence electrons. The van der Waals surface area contributed by atoms with Crippen LogP contribution in [0.2, 0.25) is 0 Å². The maximum Gasteiger partial charge on any atom is 0.0544 e. The van der Waals surface area contributed by atoms with Crippen LogP contribution in [0, 0.1) is 0 Å². The number of aryl methyl sites for hydroxylation is 1. The summed E-state index contributed by atoms with van der Waals surface area (Å²) in [6.45, 7) is 3.70. The van der Waals surface area contributed by atoms with Crippen molar-refractivity contribution in [1.29, 1.82) is 0 Å². The summed E-state index contributed by atoms with van der Waals surface area (Å²) >= 11 is 0. The molecule has 21 heavy (non-hydrogen) atoms. The van der Waals surface area contributed by atoms with Crippen molar-refractivity contribution < 1.29 is 0 Å². The van der Waals surface area contributed by atoms with Gasteiger partial charge in [-0.15, -0.1) is 0 Å². The van der Waals surface area contributed by atoms with Gasteiger partial charge in [-0.05, 0) is 44.5 Å². The van der Waals surface area contributed by atoms with Crippen LogP contribution in [0.4, 0.5) is 0 Å². The summed E-state index contributed by atoms with van der Waals surface area (Å²) < 4.78 is 0. The number of benzene rings is 1. The number of nitrogens with zero attached hydrogens (tertiary/aromatic N) is 2. The molecule has 0 amide bonds. The Bertz CT molecular complexity index is 527. The van der Waals surface area contributed by atoms with E-state index in [0.717, 1.165) is 25.1 Å². The Balaban J connectivity index is 1.99. The minimum Gasteiger partial charge on any atom is -0.329 e. The Morgan fingerprint density at radius 1 is 1.10 bits per heavy atom. The Morgan fingerprint density at radius 2 is 1.81 bits per heavy atom. The molecule has 1 unspecified atom stereocenters. The number of likely N-dealkylation sites (N-methyl/N-ethyl adjacent to an activating group) is 1. The molecule has 0 aliphatic carbocycles. The molecule has 0 aliphatic heterocycles.